The van der Waals surface area contributed by atoms with Crippen molar-refractivity contribution < 1.29 is 9.90 Å². The summed E-state index contributed by atoms with van der Waals surface area (Å²) in [6, 6.07) is 24.0. The number of fused-ring (bicyclic) bond motifs is 1. The lowest BCUT2D eigenvalue weighted by Gasteiger charge is -2.38. The van der Waals surface area contributed by atoms with Crippen molar-refractivity contribution in [3.8, 4) is 5.75 Å². The number of carbonyl (C=O) groups excluding carboxylic acids is 1. The van der Waals surface area contributed by atoms with Crippen molar-refractivity contribution in [3.05, 3.63) is 90.0 Å². The van der Waals surface area contributed by atoms with E-state index in [1.54, 1.807) is 29.2 Å². The number of hydrogen-bond acceptors (Lipinski definition) is 3. The third-order valence-corrected chi connectivity index (χ3v) is 4.17. The first-order chi connectivity index (χ1) is 11.7. The zero-order valence-electron chi connectivity index (χ0n) is 12.9. The lowest BCUT2D eigenvalue weighted by atomic mass is 10.0. The minimum atomic E-state index is -0.307. The number of para-hydroxylation sites is 1. The van der Waals surface area contributed by atoms with Crippen LogP contribution in [0.2, 0.25) is 0 Å². The molecule has 3 aromatic rings. The third kappa shape index (κ3) is 2.38. The van der Waals surface area contributed by atoms with Crippen molar-refractivity contribution in [1.29, 1.82) is 0 Å². The normalized spacial score (nSPS) is 16.4. The Morgan fingerprint density at radius 3 is 2.25 bits per heavy atom. The van der Waals surface area contributed by atoms with Gasteiger partial charge in [0.25, 0.3) is 5.91 Å². The largest absolute Gasteiger partial charge is 0.508 e. The van der Waals surface area contributed by atoms with E-state index in [2.05, 4.69) is 5.32 Å². The van der Waals surface area contributed by atoms with Crippen molar-refractivity contribution in [3.63, 3.8) is 0 Å². The van der Waals surface area contributed by atoms with Gasteiger partial charge in [0.1, 0.15) is 11.9 Å². The predicted molar refractivity (Wildman–Crippen MR) is 94.2 cm³/mol. The number of rotatable bonds is 2. The van der Waals surface area contributed by atoms with Gasteiger partial charge in [0.15, 0.2) is 0 Å². The lowest BCUT2D eigenvalue weighted by Crippen LogP contribution is -2.43. The van der Waals surface area contributed by atoms with E-state index in [0.29, 0.717) is 5.56 Å². The zero-order chi connectivity index (χ0) is 16.5. The monoisotopic (exact) mass is 316 g/mol. The van der Waals surface area contributed by atoms with E-state index in [0.717, 1.165) is 16.9 Å². The van der Waals surface area contributed by atoms with Crippen LogP contribution in [0.4, 0.5) is 11.4 Å². The molecule has 1 aliphatic rings. The Hall–Kier alpha value is -3.27. The molecule has 2 N–H and O–H groups in total. The van der Waals surface area contributed by atoms with E-state index < -0.39 is 0 Å². The van der Waals surface area contributed by atoms with Crippen LogP contribution in [-0.4, -0.2) is 11.0 Å². The van der Waals surface area contributed by atoms with Gasteiger partial charge in [0.2, 0.25) is 0 Å². The van der Waals surface area contributed by atoms with Crippen LogP contribution in [0.5, 0.6) is 5.75 Å². The maximum absolute atomic E-state index is 13.1. The number of nitrogens with one attached hydrogen (secondary N) is 1. The molecule has 3 aromatic carbocycles. The van der Waals surface area contributed by atoms with Crippen LogP contribution in [0.25, 0.3) is 0 Å². The van der Waals surface area contributed by atoms with Crippen LogP contribution in [0.3, 0.4) is 0 Å². The molecule has 4 rings (SSSR count). The first-order valence-corrected chi connectivity index (χ1v) is 7.77. The average molecular weight is 316 g/mol. The Balaban J connectivity index is 1.86. The van der Waals surface area contributed by atoms with Gasteiger partial charge in [-0.25, -0.2) is 0 Å². The average Bonchev–Trinajstić information content (AvgIpc) is 2.63. The number of anilines is 2. The van der Waals surface area contributed by atoms with Gasteiger partial charge >= 0.3 is 0 Å². The van der Waals surface area contributed by atoms with Crippen LogP contribution >= 0.6 is 0 Å². The number of benzene rings is 3. The van der Waals surface area contributed by atoms with Crippen LogP contribution in [0.1, 0.15) is 22.1 Å². The van der Waals surface area contributed by atoms with Crippen molar-refractivity contribution in [2.75, 3.05) is 10.2 Å². The topological polar surface area (TPSA) is 52.6 Å². The van der Waals surface area contributed by atoms with E-state index in [9.17, 15) is 9.90 Å². The van der Waals surface area contributed by atoms with E-state index in [4.69, 9.17) is 0 Å². The molecule has 1 atom stereocenters. The molecule has 1 amide bonds. The summed E-state index contributed by atoms with van der Waals surface area (Å²) in [5.41, 5.74) is 3.19. The summed E-state index contributed by atoms with van der Waals surface area (Å²) in [7, 11) is 0. The lowest BCUT2D eigenvalue weighted by molar-refractivity contribution is 0.0975. The van der Waals surface area contributed by atoms with Gasteiger partial charge in [-0.1, -0.05) is 42.5 Å². The molecule has 24 heavy (non-hydrogen) atoms. The van der Waals surface area contributed by atoms with E-state index in [1.165, 1.54) is 0 Å². The highest BCUT2D eigenvalue weighted by Crippen LogP contribution is 2.36. The number of amides is 1. The van der Waals surface area contributed by atoms with Gasteiger partial charge in [0, 0.05) is 11.4 Å². The molecular weight excluding hydrogens is 300 g/mol. The maximum Gasteiger partial charge on any atom is 0.262 e. The SMILES string of the molecule is O=C1c2ccccc2N[C@H](c2ccccc2)N1c1ccc(O)cc1. The molecule has 0 aromatic heterocycles. The van der Waals surface area contributed by atoms with Crippen molar-refractivity contribution in [1.82, 2.24) is 0 Å². The number of carbonyl (C=O) groups is 1. The first kappa shape index (κ1) is 14.3. The molecule has 0 bridgehead atoms. The second kappa shape index (κ2) is 5.74. The molecular formula is C20H16N2O2. The van der Waals surface area contributed by atoms with Gasteiger partial charge < -0.3 is 10.4 Å². The predicted octanol–water partition coefficient (Wildman–Crippen LogP) is 4.16. The second-order valence-corrected chi connectivity index (χ2v) is 5.69. The molecule has 0 radical (unpaired) electrons. The van der Waals surface area contributed by atoms with Gasteiger partial charge in [-0.15, -0.1) is 0 Å². The van der Waals surface area contributed by atoms with E-state index in [1.807, 2.05) is 54.6 Å². The highest BCUT2D eigenvalue weighted by atomic mass is 16.3. The fourth-order valence-corrected chi connectivity index (χ4v) is 3.00. The smallest absolute Gasteiger partial charge is 0.262 e. The fourth-order valence-electron chi connectivity index (χ4n) is 3.00. The van der Waals surface area contributed by atoms with Gasteiger partial charge in [0.05, 0.1) is 5.56 Å². The summed E-state index contributed by atoms with van der Waals surface area (Å²) in [6.45, 7) is 0. The molecule has 0 spiro atoms. The highest BCUT2D eigenvalue weighted by molar-refractivity contribution is 6.12. The summed E-state index contributed by atoms with van der Waals surface area (Å²) in [5.74, 6) is 0.108. The molecule has 1 heterocycles. The molecule has 0 aliphatic carbocycles. The third-order valence-electron chi connectivity index (χ3n) is 4.17. The Bertz CT molecular complexity index is 876. The molecule has 118 valence electrons. The number of nitrogens with zero attached hydrogens (tertiary/aromatic N) is 1. The summed E-state index contributed by atoms with van der Waals surface area (Å²) in [4.78, 5) is 14.8. The van der Waals surface area contributed by atoms with E-state index in [-0.39, 0.29) is 17.8 Å². The number of phenols is 1. The maximum atomic E-state index is 13.1. The molecule has 0 unspecified atom stereocenters. The number of aromatic hydroxyl groups is 1. The zero-order valence-corrected chi connectivity index (χ0v) is 12.9. The van der Waals surface area contributed by atoms with Crippen LogP contribution < -0.4 is 10.2 Å². The van der Waals surface area contributed by atoms with Gasteiger partial charge in [-0.3, -0.25) is 9.69 Å². The Morgan fingerprint density at radius 1 is 0.833 bits per heavy atom. The number of hydrogen-bond donors (Lipinski definition) is 2. The molecule has 0 saturated heterocycles. The Kier molecular flexibility index (Phi) is 3.43. The minimum Gasteiger partial charge on any atom is -0.508 e. The number of phenolic OH excluding ortho intramolecular Hbond substituents is 1. The van der Waals surface area contributed by atoms with Crippen LogP contribution in [0.15, 0.2) is 78.9 Å². The Labute approximate surface area is 140 Å². The molecule has 4 heteroatoms. The second-order valence-electron chi connectivity index (χ2n) is 5.69. The van der Waals surface area contributed by atoms with Crippen molar-refractivity contribution in [2.24, 2.45) is 0 Å². The van der Waals surface area contributed by atoms with E-state index >= 15 is 0 Å². The Morgan fingerprint density at radius 2 is 1.50 bits per heavy atom. The van der Waals surface area contributed by atoms with Crippen LogP contribution in [0, 0.1) is 0 Å². The standard InChI is InChI=1S/C20H16N2O2/c23-16-12-10-15(11-13-16)22-19(14-6-2-1-3-7-14)21-18-9-5-4-8-17(18)20(22)24/h1-13,19,21,23H/t19-/m0/s1. The molecule has 0 fully saturated rings. The quantitative estimate of drug-likeness (QED) is 0.746. The molecule has 1 aliphatic heterocycles. The summed E-state index contributed by atoms with van der Waals surface area (Å²) in [5, 5.41) is 13.0. The summed E-state index contributed by atoms with van der Waals surface area (Å²) >= 11 is 0. The minimum absolute atomic E-state index is 0.0658. The van der Waals surface area contributed by atoms with Crippen LogP contribution in [-0.2, 0) is 0 Å². The molecule has 4 nitrogen and oxygen atoms in total. The fraction of sp³-hybridized carbons (Fsp3) is 0.0500. The molecule has 0 saturated carbocycles. The summed E-state index contributed by atoms with van der Waals surface area (Å²) < 4.78 is 0. The van der Waals surface area contributed by atoms with Crippen molar-refractivity contribution >= 4 is 17.3 Å². The van der Waals surface area contributed by atoms with Gasteiger partial charge in [-0.05, 0) is 42.0 Å². The van der Waals surface area contributed by atoms with Gasteiger partial charge in [-0.2, -0.15) is 0 Å². The first-order valence-electron chi connectivity index (χ1n) is 7.77. The van der Waals surface area contributed by atoms with Crippen molar-refractivity contribution in [2.45, 2.75) is 6.17 Å². The summed E-state index contributed by atoms with van der Waals surface area (Å²) in [6.07, 6.45) is -0.307. The highest BCUT2D eigenvalue weighted by Gasteiger charge is 2.33.